The number of benzene rings is 1. The van der Waals surface area contributed by atoms with Crippen molar-refractivity contribution < 1.29 is 4.79 Å². The van der Waals surface area contributed by atoms with E-state index in [9.17, 15) is 4.79 Å². The molecule has 0 N–H and O–H groups in total. The third kappa shape index (κ3) is 2.90. The molecule has 0 aliphatic carbocycles. The Bertz CT molecular complexity index is 406. The third-order valence-electron chi connectivity index (χ3n) is 2.20. The van der Waals surface area contributed by atoms with Crippen molar-refractivity contribution in [1.29, 1.82) is 5.26 Å². The van der Waals surface area contributed by atoms with E-state index in [1.807, 2.05) is 19.9 Å². The largest absolute Gasteiger partial charge is 0.293 e. The molecule has 0 aromatic heterocycles. The minimum Gasteiger partial charge on any atom is -0.293 e. The number of nitriles is 1. The van der Waals surface area contributed by atoms with Gasteiger partial charge in [-0.25, -0.2) is 0 Å². The van der Waals surface area contributed by atoms with Crippen molar-refractivity contribution >= 4 is 21.7 Å². The Hall–Kier alpha value is -1.14. The van der Waals surface area contributed by atoms with Crippen LogP contribution in [0.3, 0.4) is 0 Å². The lowest BCUT2D eigenvalue weighted by molar-refractivity contribution is 0.0924. The molecule has 3 heteroatoms. The number of hydrogen-bond acceptors (Lipinski definition) is 2. The molecule has 15 heavy (non-hydrogen) atoms. The Morgan fingerprint density at radius 1 is 1.47 bits per heavy atom. The Morgan fingerprint density at radius 3 is 2.60 bits per heavy atom. The second kappa shape index (κ2) is 5.09. The van der Waals surface area contributed by atoms with Gasteiger partial charge in [0.2, 0.25) is 0 Å². The van der Waals surface area contributed by atoms with Gasteiger partial charge in [0.1, 0.15) is 5.92 Å². The van der Waals surface area contributed by atoms with Crippen molar-refractivity contribution in [3.63, 3.8) is 0 Å². The van der Waals surface area contributed by atoms with Gasteiger partial charge in [0, 0.05) is 10.0 Å². The van der Waals surface area contributed by atoms with E-state index in [0.29, 0.717) is 5.56 Å². The van der Waals surface area contributed by atoms with Crippen molar-refractivity contribution in [3.05, 3.63) is 34.3 Å². The van der Waals surface area contributed by atoms with Gasteiger partial charge in [0.25, 0.3) is 0 Å². The highest BCUT2D eigenvalue weighted by Gasteiger charge is 2.22. The van der Waals surface area contributed by atoms with Crippen LogP contribution in [0.25, 0.3) is 0 Å². The van der Waals surface area contributed by atoms with Crippen molar-refractivity contribution in [2.24, 2.45) is 11.8 Å². The molecule has 1 unspecified atom stereocenters. The summed E-state index contributed by atoms with van der Waals surface area (Å²) in [7, 11) is 0. The molecule has 0 spiro atoms. The molecule has 0 heterocycles. The summed E-state index contributed by atoms with van der Waals surface area (Å²) in [5, 5.41) is 8.91. The molecule has 2 nitrogen and oxygen atoms in total. The first kappa shape index (κ1) is 11.9. The van der Waals surface area contributed by atoms with Crippen LogP contribution in [0.4, 0.5) is 0 Å². The van der Waals surface area contributed by atoms with Crippen molar-refractivity contribution in [2.75, 3.05) is 0 Å². The Kier molecular flexibility index (Phi) is 4.05. The molecule has 0 saturated heterocycles. The molecule has 1 atom stereocenters. The van der Waals surface area contributed by atoms with Gasteiger partial charge in [-0.2, -0.15) is 5.26 Å². The molecule has 0 saturated carbocycles. The fourth-order valence-corrected chi connectivity index (χ4v) is 1.73. The second-order valence-electron chi connectivity index (χ2n) is 3.73. The molecule has 1 rings (SSSR count). The predicted molar refractivity (Wildman–Crippen MR) is 62.4 cm³/mol. The first-order valence-corrected chi connectivity index (χ1v) is 5.55. The normalized spacial score (nSPS) is 12.2. The van der Waals surface area contributed by atoms with E-state index < -0.39 is 5.92 Å². The molecule has 1 aromatic carbocycles. The molecule has 78 valence electrons. The van der Waals surface area contributed by atoms with Crippen molar-refractivity contribution in [3.8, 4) is 6.07 Å². The number of hydrogen-bond donors (Lipinski definition) is 0. The highest BCUT2D eigenvalue weighted by molar-refractivity contribution is 9.10. The van der Waals surface area contributed by atoms with Crippen LogP contribution in [0.15, 0.2) is 28.7 Å². The zero-order valence-electron chi connectivity index (χ0n) is 8.70. The topological polar surface area (TPSA) is 40.9 Å². The van der Waals surface area contributed by atoms with E-state index in [1.165, 1.54) is 0 Å². The molecule has 0 fully saturated rings. The summed E-state index contributed by atoms with van der Waals surface area (Å²) in [5.74, 6) is -0.616. The predicted octanol–water partition coefficient (Wildman–Crippen LogP) is 3.43. The summed E-state index contributed by atoms with van der Waals surface area (Å²) in [6.45, 7) is 3.76. The Morgan fingerprint density at radius 2 is 2.13 bits per heavy atom. The van der Waals surface area contributed by atoms with Crippen LogP contribution in [0.2, 0.25) is 0 Å². The van der Waals surface area contributed by atoms with E-state index in [2.05, 4.69) is 22.0 Å². The summed E-state index contributed by atoms with van der Waals surface area (Å²) in [6, 6.07) is 9.19. The number of nitrogens with zero attached hydrogens (tertiary/aromatic N) is 1. The summed E-state index contributed by atoms with van der Waals surface area (Å²) in [4.78, 5) is 11.9. The van der Waals surface area contributed by atoms with Crippen LogP contribution in [-0.4, -0.2) is 5.78 Å². The standard InChI is InChI=1S/C12H12BrNO/c1-8(2)11(7-14)12(15)9-4-3-5-10(13)6-9/h3-6,8,11H,1-2H3. The van der Waals surface area contributed by atoms with Crippen LogP contribution < -0.4 is 0 Å². The zero-order valence-corrected chi connectivity index (χ0v) is 10.3. The van der Waals surface area contributed by atoms with Gasteiger partial charge in [-0.05, 0) is 18.1 Å². The van der Waals surface area contributed by atoms with Gasteiger partial charge in [-0.1, -0.05) is 41.9 Å². The lowest BCUT2D eigenvalue weighted by Crippen LogP contribution is -2.18. The molecule has 0 aliphatic heterocycles. The number of carbonyl (C=O) groups is 1. The lowest BCUT2D eigenvalue weighted by Gasteiger charge is -2.11. The fourth-order valence-electron chi connectivity index (χ4n) is 1.33. The van der Waals surface area contributed by atoms with Gasteiger partial charge in [-0.3, -0.25) is 4.79 Å². The van der Waals surface area contributed by atoms with Crippen molar-refractivity contribution in [1.82, 2.24) is 0 Å². The Labute approximate surface area is 98.0 Å². The lowest BCUT2D eigenvalue weighted by atomic mass is 9.89. The highest BCUT2D eigenvalue weighted by Crippen LogP contribution is 2.19. The van der Waals surface area contributed by atoms with Crippen LogP contribution in [0.5, 0.6) is 0 Å². The van der Waals surface area contributed by atoms with Gasteiger partial charge in [-0.15, -0.1) is 0 Å². The van der Waals surface area contributed by atoms with Crippen LogP contribution in [0, 0.1) is 23.2 Å². The van der Waals surface area contributed by atoms with E-state index in [0.717, 1.165) is 4.47 Å². The molecule has 0 bridgehead atoms. The summed E-state index contributed by atoms with van der Waals surface area (Å²) < 4.78 is 0.855. The fraction of sp³-hybridized carbons (Fsp3) is 0.333. The first-order valence-electron chi connectivity index (χ1n) is 4.75. The third-order valence-corrected chi connectivity index (χ3v) is 2.69. The average Bonchev–Trinajstić information content (AvgIpc) is 2.18. The monoisotopic (exact) mass is 265 g/mol. The highest BCUT2D eigenvalue weighted by atomic mass is 79.9. The number of ketones is 1. The molecule has 0 aliphatic rings. The molecule has 1 aromatic rings. The maximum atomic E-state index is 11.9. The smallest absolute Gasteiger partial charge is 0.180 e. The number of carbonyl (C=O) groups excluding carboxylic acids is 1. The van der Waals surface area contributed by atoms with Gasteiger partial charge in [0.05, 0.1) is 6.07 Å². The zero-order chi connectivity index (χ0) is 11.4. The van der Waals surface area contributed by atoms with E-state index in [-0.39, 0.29) is 11.7 Å². The minimum absolute atomic E-state index is 0.0430. The van der Waals surface area contributed by atoms with Gasteiger partial charge < -0.3 is 0 Å². The van der Waals surface area contributed by atoms with E-state index in [1.54, 1.807) is 18.2 Å². The van der Waals surface area contributed by atoms with Gasteiger partial charge in [0.15, 0.2) is 5.78 Å². The number of rotatable bonds is 3. The van der Waals surface area contributed by atoms with Gasteiger partial charge >= 0.3 is 0 Å². The minimum atomic E-state index is -0.556. The molecular formula is C12H12BrNO. The molecule has 0 amide bonds. The van der Waals surface area contributed by atoms with Crippen LogP contribution in [0.1, 0.15) is 24.2 Å². The SMILES string of the molecule is CC(C)C(C#N)C(=O)c1cccc(Br)c1. The summed E-state index contributed by atoms with van der Waals surface area (Å²) >= 11 is 3.30. The second-order valence-corrected chi connectivity index (χ2v) is 4.64. The maximum Gasteiger partial charge on any atom is 0.180 e. The molecule has 0 radical (unpaired) electrons. The van der Waals surface area contributed by atoms with Crippen molar-refractivity contribution in [2.45, 2.75) is 13.8 Å². The molecular weight excluding hydrogens is 254 g/mol. The quantitative estimate of drug-likeness (QED) is 0.786. The average molecular weight is 266 g/mol. The first-order chi connectivity index (χ1) is 7.06. The summed E-state index contributed by atoms with van der Waals surface area (Å²) in [6.07, 6.45) is 0. The summed E-state index contributed by atoms with van der Waals surface area (Å²) in [5.41, 5.74) is 0.588. The van der Waals surface area contributed by atoms with Crippen LogP contribution >= 0.6 is 15.9 Å². The van der Waals surface area contributed by atoms with E-state index in [4.69, 9.17) is 5.26 Å². The number of halogens is 1. The Balaban J connectivity index is 2.99. The maximum absolute atomic E-state index is 11.9. The number of Topliss-reactive ketones (excluding diaryl/α,β-unsaturated/α-hetero) is 1. The van der Waals surface area contributed by atoms with Crippen LogP contribution in [-0.2, 0) is 0 Å². The van der Waals surface area contributed by atoms with E-state index >= 15 is 0 Å².